The first kappa shape index (κ1) is 18.5. The van der Waals surface area contributed by atoms with Gasteiger partial charge in [0.15, 0.2) is 0 Å². The number of rotatable bonds is 6. The molecule has 0 radical (unpaired) electrons. The van der Waals surface area contributed by atoms with Gasteiger partial charge < -0.3 is 5.32 Å². The third-order valence-electron chi connectivity index (χ3n) is 3.58. The molecule has 5 heteroatoms. The summed E-state index contributed by atoms with van der Waals surface area (Å²) in [5, 5.41) is 3.28. The summed E-state index contributed by atoms with van der Waals surface area (Å²) in [6.07, 6.45) is 7.01. The van der Waals surface area contributed by atoms with Gasteiger partial charge >= 0.3 is 0 Å². The number of benzene rings is 1. The highest BCUT2D eigenvalue weighted by Crippen LogP contribution is 2.10. The van der Waals surface area contributed by atoms with Gasteiger partial charge in [0.05, 0.1) is 0 Å². The summed E-state index contributed by atoms with van der Waals surface area (Å²) in [5.74, 6) is 1.66. The summed E-state index contributed by atoms with van der Waals surface area (Å²) in [6, 6.07) is 12.5. The lowest BCUT2D eigenvalue weighted by atomic mass is 10.1. The van der Waals surface area contributed by atoms with E-state index >= 15 is 0 Å². The third kappa shape index (κ3) is 6.30. The van der Waals surface area contributed by atoms with Gasteiger partial charge in [0.25, 0.3) is 0 Å². The van der Waals surface area contributed by atoms with Gasteiger partial charge in [0, 0.05) is 24.6 Å². The molecular formula is C20H25N5. The van der Waals surface area contributed by atoms with Crippen molar-refractivity contribution in [2.75, 3.05) is 5.32 Å². The minimum Gasteiger partial charge on any atom is -0.366 e. The molecule has 1 aromatic carbocycles. The highest BCUT2D eigenvalue weighted by Gasteiger charge is 2.00. The van der Waals surface area contributed by atoms with E-state index < -0.39 is 0 Å². The zero-order valence-electron chi connectivity index (χ0n) is 15.1. The number of nitrogens with one attached hydrogen (secondary N) is 1. The average Bonchev–Trinajstić information content (AvgIpc) is 2.68. The van der Waals surface area contributed by atoms with Crippen LogP contribution in [0.15, 0.2) is 55.1 Å². The molecule has 5 nitrogen and oxygen atoms in total. The van der Waals surface area contributed by atoms with Crippen LogP contribution in [-0.2, 0) is 19.4 Å². The first-order valence-electron chi connectivity index (χ1n) is 8.66. The van der Waals surface area contributed by atoms with E-state index in [1.165, 1.54) is 11.1 Å². The molecule has 2 aromatic heterocycles. The lowest BCUT2D eigenvalue weighted by Gasteiger charge is -2.07. The molecule has 2 heterocycles. The molecule has 0 aliphatic carbocycles. The van der Waals surface area contributed by atoms with E-state index in [4.69, 9.17) is 0 Å². The van der Waals surface area contributed by atoms with Crippen molar-refractivity contribution in [3.63, 3.8) is 0 Å². The van der Waals surface area contributed by atoms with Crippen LogP contribution in [0.25, 0.3) is 0 Å². The number of aromatic nitrogens is 4. The van der Waals surface area contributed by atoms with Crippen molar-refractivity contribution in [1.29, 1.82) is 0 Å². The van der Waals surface area contributed by atoms with Crippen LogP contribution in [0.5, 0.6) is 0 Å². The summed E-state index contributed by atoms with van der Waals surface area (Å²) in [7, 11) is 0. The molecule has 0 unspecified atom stereocenters. The Kier molecular flexibility index (Phi) is 7.50. The van der Waals surface area contributed by atoms with Crippen molar-refractivity contribution in [3.05, 3.63) is 77.8 Å². The van der Waals surface area contributed by atoms with E-state index in [1.807, 2.05) is 39.1 Å². The van der Waals surface area contributed by atoms with Crippen LogP contribution >= 0.6 is 0 Å². The van der Waals surface area contributed by atoms with Crippen molar-refractivity contribution in [1.82, 2.24) is 19.9 Å². The molecule has 3 rings (SSSR count). The van der Waals surface area contributed by atoms with E-state index in [9.17, 15) is 0 Å². The van der Waals surface area contributed by atoms with Gasteiger partial charge in [0.1, 0.15) is 18.0 Å². The van der Waals surface area contributed by atoms with Crippen LogP contribution in [0.4, 0.5) is 5.82 Å². The Labute approximate surface area is 149 Å². The molecule has 0 spiro atoms. The molecule has 0 atom stereocenters. The predicted octanol–water partition coefficient (Wildman–Crippen LogP) is 4.00. The minimum atomic E-state index is 0.752. The number of anilines is 1. The van der Waals surface area contributed by atoms with Gasteiger partial charge in [-0.3, -0.25) is 0 Å². The van der Waals surface area contributed by atoms with Crippen LogP contribution < -0.4 is 5.32 Å². The number of aryl methyl sites for hydroxylation is 3. The SMILES string of the molecule is CC.Cc1nccc(CCc2ccc(CNc3ccncn3)cc2)n1. The highest BCUT2D eigenvalue weighted by atomic mass is 15.0. The lowest BCUT2D eigenvalue weighted by Crippen LogP contribution is -2.01. The van der Waals surface area contributed by atoms with Crippen molar-refractivity contribution in [3.8, 4) is 0 Å². The molecule has 0 aliphatic heterocycles. The Morgan fingerprint density at radius 1 is 0.840 bits per heavy atom. The molecule has 0 bridgehead atoms. The summed E-state index contributed by atoms with van der Waals surface area (Å²) in [6.45, 7) is 6.67. The quantitative estimate of drug-likeness (QED) is 0.737. The Balaban J connectivity index is 0.00000109. The van der Waals surface area contributed by atoms with E-state index in [-0.39, 0.29) is 0 Å². The summed E-state index contributed by atoms with van der Waals surface area (Å²) in [4.78, 5) is 16.6. The Morgan fingerprint density at radius 2 is 1.60 bits per heavy atom. The molecule has 0 saturated carbocycles. The number of hydrogen-bond acceptors (Lipinski definition) is 5. The monoisotopic (exact) mass is 335 g/mol. The third-order valence-corrected chi connectivity index (χ3v) is 3.58. The van der Waals surface area contributed by atoms with Gasteiger partial charge in [-0.2, -0.15) is 0 Å². The van der Waals surface area contributed by atoms with Crippen LogP contribution in [0, 0.1) is 6.92 Å². The van der Waals surface area contributed by atoms with E-state index in [0.717, 1.165) is 36.7 Å². The summed E-state index contributed by atoms with van der Waals surface area (Å²) in [5.41, 5.74) is 3.63. The fourth-order valence-corrected chi connectivity index (χ4v) is 2.33. The molecule has 0 amide bonds. The second kappa shape index (κ2) is 10.1. The highest BCUT2D eigenvalue weighted by molar-refractivity contribution is 5.34. The zero-order chi connectivity index (χ0) is 17.9. The number of hydrogen-bond donors (Lipinski definition) is 1. The van der Waals surface area contributed by atoms with E-state index in [1.54, 1.807) is 12.5 Å². The normalized spacial score (nSPS) is 9.88. The molecule has 0 saturated heterocycles. The fourth-order valence-electron chi connectivity index (χ4n) is 2.33. The molecule has 25 heavy (non-hydrogen) atoms. The molecule has 3 aromatic rings. The van der Waals surface area contributed by atoms with Crippen LogP contribution in [0.3, 0.4) is 0 Å². The topological polar surface area (TPSA) is 63.6 Å². The molecule has 1 N–H and O–H groups in total. The van der Waals surface area contributed by atoms with Crippen molar-refractivity contribution >= 4 is 5.82 Å². The second-order valence-corrected chi connectivity index (χ2v) is 5.36. The van der Waals surface area contributed by atoms with Gasteiger partial charge in [-0.05, 0) is 43.0 Å². The first-order chi connectivity index (χ1) is 12.3. The standard InChI is InChI=1S/C18H19N5.C2H6/c1-14-20-11-8-17(23-14)7-6-15-2-4-16(5-3-15)12-21-18-9-10-19-13-22-18;1-2/h2-5,8-11,13H,6-7,12H2,1H3,(H,19,21,22);1-2H3. The van der Waals surface area contributed by atoms with E-state index in [2.05, 4.69) is 49.5 Å². The Morgan fingerprint density at radius 3 is 2.28 bits per heavy atom. The Hall–Kier alpha value is -2.82. The van der Waals surface area contributed by atoms with Gasteiger partial charge in [-0.1, -0.05) is 38.1 Å². The van der Waals surface area contributed by atoms with Crippen LogP contribution in [-0.4, -0.2) is 19.9 Å². The van der Waals surface area contributed by atoms with Gasteiger partial charge in [-0.15, -0.1) is 0 Å². The fraction of sp³-hybridized carbons (Fsp3) is 0.300. The first-order valence-corrected chi connectivity index (χ1v) is 8.66. The molecule has 130 valence electrons. The molecule has 0 fully saturated rings. The summed E-state index contributed by atoms with van der Waals surface area (Å²) < 4.78 is 0. The van der Waals surface area contributed by atoms with Gasteiger partial charge in [-0.25, -0.2) is 19.9 Å². The molecular weight excluding hydrogens is 310 g/mol. The van der Waals surface area contributed by atoms with Crippen molar-refractivity contribution in [2.24, 2.45) is 0 Å². The number of nitrogens with zero attached hydrogens (tertiary/aromatic N) is 4. The maximum atomic E-state index is 4.44. The molecule has 0 aliphatic rings. The maximum Gasteiger partial charge on any atom is 0.129 e. The van der Waals surface area contributed by atoms with Gasteiger partial charge in [0.2, 0.25) is 0 Å². The minimum absolute atomic E-state index is 0.752. The van der Waals surface area contributed by atoms with E-state index in [0.29, 0.717) is 0 Å². The maximum absolute atomic E-state index is 4.44. The van der Waals surface area contributed by atoms with Crippen LogP contribution in [0.2, 0.25) is 0 Å². The largest absolute Gasteiger partial charge is 0.366 e. The predicted molar refractivity (Wildman–Crippen MR) is 101 cm³/mol. The van der Waals surface area contributed by atoms with Crippen molar-refractivity contribution in [2.45, 2.75) is 40.2 Å². The zero-order valence-corrected chi connectivity index (χ0v) is 15.1. The summed E-state index contributed by atoms with van der Waals surface area (Å²) >= 11 is 0. The average molecular weight is 335 g/mol. The second-order valence-electron chi connectivity index (χ2n) is 5.36. The van der Waals surface area contributed by atoms with Crippen LogP contribution in [0.1, 0.15) is 36.5 Å². The smallest absolute Gasteiger partial charge is 0.129 e. The van der Waals surface area contributed by atoms with Crippen molar-refractivity contribution < 1.29 is 0 Å². The lowest BCUT2D eigenvalue weighted by molar-refractivity contribution is 0.879. The Bertz CT molecular complexity index is 742.